The quantitative estimate of drug-likeness (QED) is 0.118. The predicted octanol–water partition coefficient (Wildman–Crippen LogP) is 5.42. The number of hydrazone groups is 1. The number of hydrogen-bond donors (Lipinski definition) is 2. The average Bonchev–Trinajstić information content (AvgIpc) is 3.34. The van der Waals surface area contributed by atoms with Gasteiger partial charge in [0, 0.05) is 29.7 Å². The second-order valence-electron chi connectivity index (χ2n) is 11.7. The Hall–Kier alpha value is -6.16. The Labute approximate surface area is 261 Å². The summed E-state index contributed by atoms with van der Waals surface area (Å²) >= 11 is 0. The minimum Gasteiger partial charge on any atom is -0.507 e. The number of amides is 3. The molecule has 3 amide bonds. The van der Waals surface area contributed by atoms with Crippen LogP contribution in [0.25, 0.3) is 10.8 Å². The van der Waals surface area contributed by atoms with Crippen LogP contribution in [0.1, 0.15) is 38.5 Å². The van der Waals surface area contributed by atoms with E-state index in [-0.39, 0.29) is 29.0 Å². The zero-order chi connectivity index (χ0) is 31.7. The molecule has 9 rings (SSSR count). The third kappa shape index (κ3) is 3.64. The lowest BCUT2D eigenvalue weighted by molar-refractivity contribution is -0.384. The van der Waals surface area contributed by atoms with Gasteiger partial charge in [-0.3, -0.25) is 24.5 Å². The van der Waals surface area contributed by atoms with Gasteiger partial charge in [0.15, 0.2) is 0 Å². The summed E-state index contributed by atoms with van der Waals surface area (Å²) in [7, 11) is 0. The van der Waals surface area contributed by atoms with Gasteiger partial charge in [-0.1, -0.05) is 84.9 Å². The van der Waals surface area contributed by atoms with E-state index in [2.05, 4.69) is 10.5 Å². The van der Waals surface area contributed by atoms with Crippen LogP contribution in [0.15, 0.2) is 114 Å². The highest BCUT2D eigenvalue weighted by Gasteiger charge is 2.68. The van der Waals surface area contributed by atoms with Gasteiger partial charge in [0.05, 0.1) is 33.4 Å². The van der Waals surface area contributed by atoms with Crippen LogP contribution < -0.4 is 10.3 Å². The summed E-state index contributed by atoms with van der Waals surface area (Å²) in [6, 6.07) is 31.6. The van der Waals surface area contributed by atoms with E-state index < -0.39 is 33.8 Å². The van der Waals surface area contributed by atoms with Crippen molar-refractivity contribution < 1.29 is 24.4 Å². The number of nitrogens with zero attached hydrogens (tertiary/aromatic N) is 3. The molecule has 5 aromatic carbocycles. The number of phenols is 1. The Morgan fingerprint density at radius 1 is 0.870 bits per heavy atom. The number of nitro groups is 1. The van der Waals surface area contributed by atoms with Crippen LogP contribution in [0.2, 0.25) is 0 Å². The number of carbonyl (C=O) groups excluding carboxylic acids is 3. The number of non-ortho nitro benzene ring substituents is 1. The molecule has 1 heterocycles. The molecule has 4 aliphatic rings. The first-order valence-electron chi connectivity index (χ1n) is 14.7. The predicted molar refractivity (Wildman–Crippen MR) is 170 cm³/mol. The number of nitro benzene ring substituents is 1. The van der Waals surface area contributed by atoms with Crippen molar-refractivity contribution in [1.82, 2.24) is 5.43 Å². The highest BCUT2D eigenvalue weighted by Crippen LogP contribution is 2.63. The molecular formula is C36H24N4O6. The van der Waals surface area contributed by atoms with Crippen LogP contribution in [-0.2, 0) is 15.0 Å². The van der Waals surface area contributed by atoms with Crippen LogP contribution in [0.4, 0.5) is 11.4 Å². The van der Waals surface area contributed by atoms with Gasteiger partial charge >= 0.3 is 0 Å². The van der Waals surface area contributed by atoms with Crippen molar-refractivity contribution in [3.8, 4) is 5.75 Å². The van der Waals surface area contributed by atoms with Crippen molar-refractivity contribution in [3.63, 3.8) is 0 Å². The molecule has 10 heteroatoms. The summed E-state index contributed by atoms with van der Waals surface area (Å²) in [4.78, 5) is 54.4. The Kier molecular flexibility index (Phi) is 5.91. The van der Waals surface area contributed by atoms with Crippen molar-refractivity contribution >= 4 is 46.1 Å². The molecule has 3 aliphatic carbocycles. The van der Waals surface area contributed by atoms with Gasteiger partial charge in [0.25, 0.3) is 11.6 Å². The third-order valence-corrected chi connectivity index (χ3v) is 9.56. The minimum absolute atomic E-state index is 0.302. The van der Waals surface area contributed by atoms with Crippen LogP contribution in [0, 0.1) is 22.0 Å². The molecule has 224 valence electrons. The van der Waals surface area contributed by atoms with Crippen molar-refractivity contribution in [1.29, 1.82) is 0 Å². The van der Waals surface area contributed by atoms with Gasteiger partial charge in [-0.25, -0.2) is 10.3 Å². The van der Waals surface area contributed by atoms with Crippen LogP contribution in [0.5, 0.6) is 5.75 Å². The fraction of sp³-hybridized carbons (Fsp3) is 0.111. The molecule has 46 heavy (non-hydrogen) atoms. The smallest absolute Gasteiger partial charge is 0.275 e. The lowest BCUT2D eigenvalue weighted by Crippen LogP contribution is -2.54. The highest BCUT2D eigenvalue weighted by atomic mass is 16.6. The lowest BCUT2D eigenvalue weighted by Gasteiger charge is -2.52. The minimum atomic E-state index is -1.24. The molecule has 0 unspecified atom stereocenters. The van der Waals surface area contributed by atoms with E-state index in [1.54, 1.807) is 6.07 Å². The maximum absolute atomic E-state index is 14.7. The maximum Gasteiger partial charge on any atom is 0.275 e. The monoisotopic (exact) mass is 608 g/mol. The Bertz CT molecular complexity index is 2140. The van der Waals surface area contributed by atoms with Crippen LogP contribution >= 0.6 is 0 Å². The lowest BCUT2D eigenvalue weighted by atomic mass is 9.47. The number of phenolic OH excluding ortho intramolecular Hbond substituents is 1. The normalized spacial score (nSPS) is 22.5. The molecule has 0 saturated carbocycles. The fourth-order valence-corrected chi connectivity index (χ4v) is 7.76. The van der Waals surface area contributed by atoms with Crippen molar-refractivity contribution in [3.05, 3.63) is 147 Å². The largest absolute Gasteiger partial charge is 0.507 e. The number of rotatable bonds is 5. The van der Waals surface area contributed by atoms with E-state index >= 15 is 0 Å². The zero-order valence-electron chi connectivity index (χ0n) is 24.0. The number of anilines is 1. The number of benzene rings is 5. The summed E-state index contributed by atoms with van der Waals surface area (Å²) in [5.74, 6) is -3.98. The van der Waals surface area contributed by atoms with E-state index in [1.807, 2.05) is 84.9 Å². The van der Waals surface area contributed by atoms with Crippen LogP contribution in [0.3, 0.4) is 0 Å². The van der Waals surface area contributed by atoms with Gasteiger partial charge in [-0.05, 0) is 39.8 Å². The van der Waals surface area contributed by atoms with Gasteiger partial charge in [-0.2, -0.15) is 5.10 Å². The molecule has 2 atom stereocenters. The summed E-state index contributed by atoms with van der Waals surface area (Å²) in [6.45, 7) is 0. The van der Waals surface area contributed by atoms with Gasteiger partial charge in [0.2, 0.25) is 11.8 Å². The summed E-state index contributed by atoms with van der Waals surface area (Å²) in [5, 5.41) is 27.6. The topological polar surface area (TPSA) is 142 Å². The molecule has 1 saturated heterocycles. The number of imide groups is 1. The number of fused-ring (bicyclic) bond motifs is 1. The molecule has 2 N–H and O–H groups in total. The van der Waals surface area contributed by atoms with E-state index in [0.29, 0.717) is 5.69 Å². The van der Waals surface area contributed by atoms with E-state index in [0.717, 1.165) is 51.2 Å². The second-order valence-corrected chi connectivity index (χ2v) is 11.7. The number of aromatic hydroxyl groups is 1. The third-order valence-electron chi connectivity index (χ3n) is 9.56. The van der Waals surface area contributed by atoms with Crippen molar-refractivity contribution in [2.45, 2.75) is 11.3 Å². The molecule has 1 aliphatic heterocycles. The zero-order valence-corrected chi connectivity index (χ0v) is 24.0. The Morgan fingerprint density at radius 2 is 1.52 bits per heavy atom. The average molecular weight is 609 g/mol. The van der Waals surface area contributed by atoms with E-state index in [9.17, 15) is 29.6 Å². The molecule has 1 fully saturated rings. The van der Waals surface area contributed by atoms with Gasteiger partial charge < -0.3 is 5.11 Å². The first-order valence-corrected chi connectivity index (χ1v) is 14.7. The highest BCUT2D eigenvalue weighted by molar-refractivity contribution is 6.27. The standard InChI is InChI=1S/C36H24N4O6/c41-29-17-16-21(40(45)46)18-25(29)33(42)38-37-19-36-26-13-5-3-11-23(26)30(24-12-4-6-14-27(24)36)31-32(36)35(44)39(34(31)43)28-15-7-9-20-8-1-2-10-22(20)28/h1-19,30-32,41H,(H,38,42)/b37-19-/t30?,31-,32+,36?/m1/s1. The fourth-order valence-electron chi connectivity index (χ4n) is 7.76. The Morgan fingerprint density at radius 3 is 2.24 bits per heavy atom. The number of nitrogens with one attached hydrogen (secondary N) is 1. The van der Waals surface area contributed by atoms with Crippen molar-refractivity contribution in [2.75, 3.05) is 4.90 Å². The summed E-state index contributed by atoms with van der Waals surface area (Å²) in [6.07, 6.45) is 1.50. The Balaban J connectivity index is 1.29. The van der Waals surface area contributed by atoms with Crippen LogP contribution in [-0.4, -0.2) is 34.0 Å². The molecule has 5 aromatic rings. The first-order chi connectivity index (χ1) is 22.3. The molecule has 0 spiro atoms. The first kappa shape index (κ1) is 27.4. The SMILES string of the molecule is O=C(N/N=C\C12c3ccccc3C(c3ccccc31)[C@H]1C(=O)N(c3cccc4ccccc34)C(=O)[C@H]12)c1cc([N+](=O)[O-])ccc1O. The molecule has 10 nitrogen and oxygen atoms in total. The molecular weight excluding hydrogens is 584 g/mol. The van der Waals surface area contributed by atoms with E-state index in [1.165, 1.54) is 11.1 Å². The van der Waals surface area contributed by atoms with E-state index in [4.69, 9.17) is 0 Å². The number of carbonyl (C=O) groups is 3. The van der Waals surface area contributed by atoms with Gasteiger partial charge in [0.1, 0.15) is 5.75 Å². The van der Waals surface area contributed by atoms with Crippen molar-refractivity contribution in [2.24, 2.45) is 16.9 Å². The molecule has 2 bridgehead atoms. The number of hydrogen-bond acceptors (Lipinski definition) is 7. The summed E-state index contributed by atoms with van der Waals surface area (Å²) < 4.78 is 0. The summed E-state index contributed by atoms with van der Waals surface area (Å²) in [5.41, 5.74) is 4.38. The molecule has 0 radical (unpaired) electrons. The van der Waals surface area contributed by atoms with Gasteiger partial charge in [-0.15, -0.1) is 0 Å². The maximum atomic E-state index is 14.7. The molecule has 0 aromatic heterocycles. The second kappa shape index (κ2) is 9.93.